The molecule has 1 aromatic carbocycles. The second kappa shape index (κ2) is 8.53. The predicted molar refractivity (Wildman–Crippen MR) is 105 cm³/mol. The van der Waals surface area contributed by atoms with E-state index in [2.05, 4.69) is 20.5 Å². The van der Waals surface area contributed by atoms with Gasteiger partial charge in [-0.1, -0.05) is 13.0 Å². The normalized spacial score (nSPS) is 17.4. The number of carbonyl (C=O) groups is 1. The molecule has 3 rings (SSSR count). The maximum absolute atomic E-state index is 12.5. The van der Waals surface area contributed by atoms with Crippen LogP contribution in [0.1, 0.15) is 42.7 Å². The van der Waals surface area contributed by atoms with Crippen LogP contribution in [0.5, 0.6) is 0 Å². The highest BCUT2D eigenvalue weighted by molar-refractivity contribution is 7.92. The fourth-order valence-electron chi connectivity index (χ4n) is 3.08. The van der Waals surface area contributed by atoms with Gasteiger partial charge in [-0.3, -0.25) is 14.2 Å². The maximum Gasteiger partial charge on any atom is 0.276 e. The van der Waals surface area contributed by atoms with E-state index in [0.717, 1.165) is 25.9 Å². The Hall–Kier alpha value is -2.39. The summed E-state index contributed by atoms with van der Waals surface area (Å²) in [7, 11) is -3.38. The molecular weight excluding hydrogens is 366 g/mol. The third-order valence-electron chi connectivity index (χ3n) is 4.35. The first-order valence-electron chi connectivity index (χ1n) is 9.14. The quantitative estimate of drug-likeness (QED) is 0.671. The number of amides is 1. The molecule has 27 heavy (non-hydrogen) atoms. The SMILES string of the molecule is CCCS(=O)(=O)Nc1cccc(NC(=O)c2ccn(C3CCCNC3)n2)c1. The number of carbonyl (C=O) groups excluding carboxylic acids is 1. The second-order valence-corrected chi connectivity index (χ2v) is 8.48. The van der Waals surface area contributed by atoms with Gasteiger partial charge in [0.2, 0.25) is 10.0 Å². The lowest BCUT2D eigenvalue weighted by atomic mass is 10.1. The zero-order valence-electron chi connectivity index (χ0n) is 15.3. The van der Waals surface area contributed by atoms with E-state index in [1.165, 1.54) is 0 Å². The van der Waals surface area contributed by atoms with Crippen molar-refractivity contribution in [3.63, 3.8) is 0 Å². The van der Waals surface area contributed by atoms with Gasteiger partial charge in [0.05, 0.1) is 17.5 Å². The van der Waals surface area contributed by atoms with Crippen molar-refractivity contribution in [2.24, 2.45) is 0 Å². The van der Waals surface area contributed by atoms with E-state index in [0.29, 0.717) is 23.5 Å². The Kier molecular flexibility index (Phi) is 6.12. The van der Waals surface area contributed by atoms with Crippen LogP contribution in [-0.4, -0.2) is 42.9 Å². The number of benzene rings is 1. The molecule has 0 spiro atoms. The minimum atomic E-state index is -3.38. The standard InChI is InChI=1S/C18H25N5O3S/c1-2-11-27(25,26)22-15-6-3-5-14(12-15)20-18(24)17-8-10-23(21-17)16-7-4-9-19-13-16/h3,5-6,8,10,12,16,19,22H,2,4,7,9,11,13H2,1H3,(H,20,24). The van der Waals surface area contributed by atoms with Crippen molar-refractivity contribution < 1.29 is 13.2 Å². The molecule has 2 aromatic rings. The fourth-order valence-corrected chi connectivity index (χ4v) is 4.20. The summed E-state index contributed by atoms with van der Waals surface area (Å²) >= 11 is 0. The van der Waals surface area contributed by atoms with Crippen molar-refractivity contribution in [2.45, 2.75) is 32.2 Å². The van der Waals surface area contributed by atoms with Gasteiger partial charge in [0.1, 0.15) is 0 Å². The Morgan fingerprint density at radius 2 is 2.15 bits per heavy atom. The summed E-state index contributed by atoms with van der Waals surface area (Å²) in [5, 5.41) is 10.5. The Balaban J connectivity index is 1.66. The minimum Gasteiger partial charge on any atom is -0.321 e. The van der Waals surface area contributed by atoms with E-state index in [9.17, 15) is 13.2 Å². The molecule has 1 fully saturated rings. The van der Waals surface area contributed by atoms with Crippen LogP contribution >= 0.6 is 0 Å². The number of aromatic nitrogens is 2. The van der Waals surface area contributed by atoms with Crippen molar-refractivity contribution >= 4 is 27.3 Å². The monoisotopic (exact) mass is 391 g/mol. The smallest absolute Gasteiger partial charge is 0.276 e. The number of nitrogens with zero attached hydrogens (tertiary/aromatic N) is 2. The van der Waals surface area contributed by atoms with Gasteiger partial charge in [-0.15, -0.1) is 0 Å². The van der Waals surface area contributed by atoms with Crippen molar-refractivity contribution in [3.8, 4) is 0 Å². The Bertz CT molecular complexity index is 888. The van der Waals surface area contributed by atoms with Gasteiger partial charge >= 0.3 is 0 Å². The van der Waals surface area contributed by atoms with Crippen LogP contribution in [0.4, 0.5) is 11.4 Å². The highest BCUT2D eigenvalue weighted by Gasteiger charge is 2.18. The minimum absolute atomic E-state index is 0.0526. The highest BCUT2D eigenvalue weighted by Crippen LogP contribution is 2.19. The van der Waals surface area contributed by atoms with E-state index in [4.69, 9.17) is 0 Å². The largest absolute Gasteiger partial charge is 0.321 e. The Labute approximate surface area is 159 Å². The predicted octanol–water partition coefficient (Wildman–Crippen LogP) is 2.21. The molecule has 9 heteroatoms. The number of sulfonamides is 1. The van der Waals surface area contributed by atoms with Crippen molar-refractivity contribution in [3.05, 3.63) is 42.2 Å². The summed E-state index contributed by atoms with van der Waals surface area (Å²) in [4.78, 5) is 12.5. The van der Waals surface area contributed by atoms with E-state index >= 15 is 0 Å². The van der Waals surface area contributed by atoms with Gasteiger partial charge in [-0.05, 0) is 50.1 Å². The Morgan fingerprint density at radius 1 is 1.33 bits per heavy atom. The van der Waals surface area contributed by atoms with Crippen LogP contribution in [0.25, 0.3) is 0 Å². The number of anilines is 2. The van der Waals surface area contributed by atoms with E-state index in [1.807, 2.05) is 10.9 Å². The molecule has 0 radical (unpaired) electrons. The molecule has 0 aliphatic carbocycles. The number of rotatable bonds is 7. The zero-order valence-corrected chi connectivity index (χ0v) is 16.1. The maximum atomic E-state index is 12.5. The van der Waals surface area contributed by atoms with E-state index in [-0.39, 0.29) is 17.7 Å². The molecule has 1 aliphatic rings. The number of hydrogen-bond acceptors (Lipinski definition) is 5. The first kappa shape index (κ1) is 19.4. The van der Waals surface area contributed by atoms with Gasteiger partial charge in [0.15, 0.2) is 5.69 Å². The first-order valence-corrected chi connectivity index (χ1v) is 10.8. The molecular formula is C18H25N5O3S. The average Bonchev–Trinajstić information content (AvgIpc) is 3.12. The summed E-state index contributed by atoms with van der Waals surface area (Å²) in [6.45, 7) is 3.67. The molecule has 1 atom stereocenters. The highest BCUT2D eigenvalue weighted by atomic mass is 32.2. The second-order valence-electron chi connectivity index (χ2n) is 6.64. The number of nitrogens with one attached hydrogen (secondary N) is 3. The number of hydrogen-bond donors (Lipinski definition) is 3. The van der Waals surface area contributed by atoms with Crippen molar-refractivity contribution in [2.75, 3.05) is 28.9 Å². The molecule has 2 heterocycles. The van der Waals surface area contributed by atoms with Crippen LogP contribution in [0, 0.1) is 0 Å². The van der Waals surface area contributed by atoms with Crippen LogP contribution in [0.2, 0.25) is 0 Å². The van der Waals surface area contributed by atoms with Gasteiger partial charge in [-0.25, -0.2) is 8.42 Å². The van der Waals surface area contributed by atoms with Crippen LogP contribution in [0.3, 0.4) is 0 Å². The van der Waals surface area contributed by atoms with Crippen molar-refractivity contribution in [1.29, 1.82) is 0 Å². The average molecular weight is 391 g/mol. The third-order valence-corrected chi connectivity index (χ3v) is 5.85. The summed E-state index contributed by atoms with van der Waals surface area (Å²) < 4.78 is 28.1. The lowest BCUT2D eigenvalue weighted by molar-refractivity contribution is 0.102. The zero-order chi connectivity index (χ0) is 19.3. The number of piperidine rings is 1. The van der Waals surface area contributed by atoms with Gasteiger partial charge in [0, 0.05) is 18.4 Å². The van der Waals surface area contributed by atoms with Gasteiger partial charge in [-0.2, -0.15) is 5.10 Å². The molecule has 0 bridgehead atoms. The van der Waals surface area contributed by atoms with Crippen LogP contribution < -0.4 is 15.4 Å². The lowest BCUT2D eigenvalue weighted by Crippen LogP contribution is -2.32. The lowest BCUT2D eigenvalue weighted by Gasteiger charge is -2.22. The summed E-state index contributed by atoms with van der Waals surface area (Å²) in [5.41, 5.74) is 1.25. The van der Waals surface area contributed by atoms with Gasteiger partial charge < -0.3 is 10.6 Å². The molecule has 3 N–H and O–H groups in total. The topological polar surface area (TPSA) is 105 Å². The molecule has 8 nitrogen and oxygen atoms in total. The van der Waals surface area contributed by atoms with E-state index < -0.39 is 10.0 Å². The molecule has 1 aliphatic heterocycles. The molecule has 146 valence electrons. The molecule has 1 aromatic heterocycles. The van der Waals surface area contributed by atoms with Crippen LogP contribution in [0.15, 0.2) is 36.5 Å². The van der Waals surface area contributed by atoms with Crippen LogP contribution in [-0.2, 0) is 10.0 Å². The molecule has 1 saturated heterocycles. The molecule has 1 amide bonds. The fraction of sp³-hybridized carbons (Fsp3) is 0.444. The van der Waals surface area contributed by atoms with Crippen molar-refractivity contribution in [1.82, 2.24) is 15.1 Å². The Morgan fingerprint density at radius 3 is 2.89 bits per heavy atom. The molecule has 0 saturated carbocycles. The summed E-state index contributed by atoms with van der Waals surface area (Å²) in [5.74, 6) is -0.275. The van der Waals surface area contributed by atoms with Gasteiger partial charge in [0.25, 0.3) is 5.91 Å². The first-order chi connectivity index (χ1) is 13.0. The summed E-state index contributed by atoms with van der Waals surface area (Å²) in [6.07, 6.45) is 4.48. The third kappa shape index (κ3) is 5.30. The van der Waals surface area contributed by atoms with E-state index in [1.54, 1.807) is 37.3 Å². The summed E-state index contributed by atoms with van der Waals surface area (Å²) in [6, 6.07) is 8.58. The molecule has 1 unspecified atom stereocenters.